The molecular formula is C13H21NO4S. The van der Waals surface area contributed by atoms with Crippen molar-refractivity contribution in [1.29, 1.82) is 0 Å². The second-order valence-electron chi connectivity index (χ2n) is 6.48. The fraction of sp³-hybridized carbons (Fsp3) is 0.923. The van der Waals surface area contributed by atoms with Gasteiger partial charge in [-0.3, -0.25) is 4.79 Å². The molecule has 0 radical (unpaired) electrons. The number of carbonyl (C=O) groups is 1. The molecule has 1 aliphatic carbocycles. The number of hydrogen-bond donors (Lipinski definition) is 0. The number of rotatable bonds is 4. The van der Waals surface area contributed by atoms with Crippen LogP contribution in [0.4, 0.5) is 0 Å². The first-order chi connectivity index (χ1) is 8.90. The summed E-state index contributed by atoms with van der Waals surface area (Å²) in [5.41, 5.74) is -0.800. The van der Waals surface area contributed by atoms with Gasteiger partial charge in [-0.25, -0.2) is 8.42 Å². The van der Waals surface area contributed by atoms with E-state index in [9.17, 15) is 13.2 Å². The van der Waals surface area contributed by atoms with E-state index in [0.717, 1.165) is 25.4 Å². The molecule has 1 saturated carbocycles. The van der Waals surface area contributed by atoms with Crippen LogP contribution in [0.1, 0.15) is 19.3 Å². The molecule has 0 aromatic rings. The lowest BCUT2D eigenvalue weighted by molar-refractivity contribution is -0.167. The van der Waals surface area contributed by atoms with Crippen LogP contribution in [0.25, 0.3) is 0 Å². The molecule has 0 aromatic heterocycles. The van der Waals surface area contributed by atoms with Gasteiger partial charge in [0, 0.05) is 19.3 Å². The van der Waals surface area contributed by atoms with Gasteiger partial charge in [-0.1, -0.05) is 0 Å². The maximum Gasteiger partial charge on any atom is 0.234 e. The van der Waals surface area contributed by atoms with E-state index in [2.05, 4.69) is 0 Å². The van der Waals surface area contributed by atoms with Crippen molar-refractivity contribution in [2.45, 2.75) is 19.3 Å². The fourth-order valence-corrected chi connectivity index (χ4v) is 4.67. The molecule has 0 bridgehead atoms. The highest BCUT2D eigenvalue weighted by molar-refractivity contribution is 7.90. The van der Waals surface area contributed by atoms with Crippen LogP contribution in [-0.4, -0.2) is 57.5 Å². The predicted molar refractivity (Wildman–Crippen MR) is 70.4 cm³/mol. The lowest BCUT2D eigenvalue weighted by Gasteiger charge is -2.41. The molecule has 108 valence electrons. The van der Waals surface area contributed by atoms with Crippen LogP contribution in [0.3, 0.4) is 0 Å². The minimum atomic E-state index is -3.16. The van der Waals surface area contributed by atoms with Crippen LogP contribution in [0.2, 0.25) is 0 Å². The minimum Gasteiger partial charge on any atom is -0.379 e. The van der Waals surface area contributed by atoms with E-state index in [-0.39, 0.29) is 24.9 Å². The lowest BCUT2D eigenvalue weighted by atomic mass is 9.86. The monoisotopic (exact) mass is 287 g/mol. The number of ether oxygens (including phenoxy) is 1. The normalized spacial score (nSPS) is 30.2. The molecule has 1 atom stereocenters. The molecular weight excluding hydrogens is 266 g/mol. The lowest BCUT2D eigenvalue weighted by Crippen LogP contribution is -2.58. The van der Waals surface area contributed by atoms with Crippen LogP contribution >= 0.6 is 0 Å². The summed E-state index contributed by atoms with van der Waals surface area (Å²) in [7, 11) is -3.16. The number of sulfone groups is 1. The summed E-state index contributed by atoms with van der Waals surface area (Å²) in [5, 5.41) is 0. The summed E-state index contributed by atoms with van der Waals surface area (Å²) in [5.74, 6) is 1.36. The fourth-order valence-electron chi connectivity index (χ4n) is 3.38. The zero-order valence-corrected chi connectivity index (χ0v) is 12.1. The van der Waals surface area contributed by atoms with Crippen LogP contribution in [0.15, 0.2) is 0 Å². The maximum atomic E-state index is 12.6. The zero-order valence-electron chi connectivity index (χ0n) is 11.3. The highest BCUT2D eigenvalue weighted by Gasteiger charge is 2.51. The third kappa shape index (κ3) is 2.65. The number of hydrogen-bond acceptors (Lipinski definition) is 4. The van der Waals surface area contributed by atoms with Crippen molar-refractivity contribution < 1.29 is 17.9 Å². The summed E-state index contributed by atoms with van der Waals surface area (Å²) in [6.07, 6.45) is 4.86. The summed E-state index contributed by atoms with van der Waals surface area (Å²) in [6.45, 7) is 2.10. The molecule has 3 aliphatic rings. The third-order valence-corrected chi connectivity index (χ3v) is 5.63. The molecule has 1 amide bonds. The van der Waals surface area contributed by atoms with Crippen LogP contribution < -0.4 is 0 Å². The Labute approximate surface area is 114 Å². The molecule has 0 N–H and O–H groups in total. The molecule has 1 unspecified atom stereocenters. The number of carbonyl (C=O) groups excluding carboxylic acids is 1. The van der Waals surface area contributed by atoms with Crippen molar-refractivity contribution in [3.05, 3.63) is 0 Å². The average molecular weight is 287 g/mol. The van der Waals surface area contributed by atoms with E-state index in [1.807, 2.05) is 4.90 Å². The molecule has 5 nitrogen and oxygen atoms in total. The summed E-state index contributed by atoms with van der Waals surface area (Å²) in [4.78, 5) is 14.5. The molecule has 2 saturated heterocycles. The number of amides is 1. The Kier molecular flexibility index (Phi) is 3.13. The van der Waals surface area contributed by atoms with Gasteiger partial charge in [0.15, 0.2) is 0 Å². The first-order valence-electron chi connectivity index (χ1n) is 6.94. The second kappa shape index (κ2) is 4.45. The Morgan fingerprint density at radius 1 is 1.26 bits per heavy atom. The molecule has 0 aromatic carbocycles. The maximum absolute atomic E-state index is 12.6. The van der Waals surface area contributed by atoms with Crippen molar-refractivity contribution in [2.75, 3.05) is 38.3 Å². The van der Waals surface area contributed by atoms with Crippen molar-refractivity contribution in [1.82, 2.24) is 4.90 Å². The Bertz CT molecular complexity index is 479. The molecule has 6 heteroatoms. The van der Waals surface area contributed by atoms with E-state index in [4.69, 9.17) is 4.74 Å². The first kappa shape index (κ1) is 13.4. The van der Waals surface area contributed by atoms with Gasteiger partial charge < -0.3 is 9.64 Å². The van der Waals surface area contributed by atoms with E-state index in [1.165, 1.54) is 19.1 Å². The van der Waals surface area contributed by atoms with Crippen molar-refractivity contribution in [3.63, 3.8) is 0 Å². The Hall–Kier alpha value is -0.620. The quantitative estimate of drug-likeness (QED) is 0.746. The van der Waals surface area contributed by atoms with Gasteiger partial charge in [0.1, 0.15) is 15.3 Å². The molecule has 2 aliphatic heterocycles. The van der Waals surface area contributed by atoms with Crippen molar-refractivity contribution >= 4 is 15.7 Å². The molecule has 19 heavy (non-hydrogen) atoms. The smallest absolute Gasteiger partial charge is 0.234 e. The molecule has 3 rings (SSSR count). The highest BCUT2D eigenvalue weighted by atomic mass is 32.2. The summed E-state index contributed by atoms with van der Waals surface area (Å²) in [6, 6.07) is 0. The van der Waals surface area contributed by atoms with Crippen LogP contribution in [0, 0.1) is 17.3 Å². The van der Waals surface area contributed by atoms with Crippen LogP contribution in [0.5, 0.6) is 0 Å². The van der Waals surface area contributed by atoms with Crippen molar-refractivity contribution in [2.24, 2.45) is 17.3 Å². The van der Waals surface area contributed by atoms with E-state index in [0.29, 0.717) is 5.92 Å². The molecule has 2 heterocycles. The second-order valence-corrected chi connectivity index (χ2v) is 8.62. The first-order valence-corrected chi connectivity index (χ1v) is 9.01. The highest BCUT2D eigenvalue weighted by Crippen LogP contribution is 2.42. The summed E-state index contributed by atoms with van der Waals surface area (Å²) < 4.78 is 28.2. The van der Waals surface area contributed by atoms with E-state index in [1.54, 1.807) is 0 Å². The van der Waals surface area contributed by atoms with Crippen molar-refractivity contribution in [3.8, 4) is 0 Å². The molecule has 3 fully saturated rings. The molecule has 0 spiro atoms. The Balaban J connectivity index is 1.68. The largest absolute Gasteiger partial charge is 0.379 e. The van der Waals surface area contributed by atoms with E-state index >= 15 is 0 Å². The number of nitrogens with zero attached hydrogens (tertiary/aromatic N) is 1. The van der Waals surface area contributed by atoms with Gasteiger partial charge in [0.05, 0.1) is 19.0 Å². The van der Waals surface area contributed by atoms with Gasteiger partial charge >= 0.3 is 0 Å². The van der Waals surface area contributed by atoms with Gasteiger partial charge in [-0.05, 0) is 31.1 Å². The Morgan fingerprint density at radius 3 is 2.42 bits per heavy atom. The minimum absolute atomic E-state index is 0.00711. The van der Waals surface area contributed by atoms with E-state index < -0.39 is 15.3 Å². The van der Waals surface area contributed by atoms with Crippen LogP contribution in [-0.2, 0) is 19.4 Å². The topological polar surface area (TPSA) is 63.7 Å². The van der Waals surface area contributed by atoms with Gasteiger partial charge in [-0.15, -0.1) is 0 Å². The SMILES string of the molecule is CS(=O)(=O)CC1(C(=O)N2CCC(C3CC3)C2)COC1. The summed E-state index contributed by atoms with van der Waals surface area (Å²) >= 11 is 0. The van der Waals surface area contributed by atoms with Gasteiger partial charge in [0.2, 0.25) is 5.91 Å². The van der Waals surface area contributed by atoms with Gasteiger partial charge in [0.25, 0.3) is 0 Å². The average Bonchev–Trinajstić information content (AvgIpc) is 3.00. The third-order valence-electron chi connectivity index (χ3n) is 4.55. The van der Waals surface area contributed by atoms with Gasteiger partial charge in [-0.2, -0.15) is 0 Å². The predicted octanol–water partition coefficient (Wildman–Crippen LogP) is 0.306. The standard InChI is InChI=1S/C13H21NO4S/c1-19(16,17)9-13(7-18-8-13)12(15)14-5-4-11(6-14)10-2-3-10/h10-11H,2-9H2,1H3. The number of likely N-dealkylation sites (tertiary alicyclic amines) is 1. The Morgan fingerprint density at radius 2 is 1.95 bits per heavy atom. The zero-order chi connectivity index (χ0) is 13.7.